The summed E-state index contributed by atoms with van der Waals surface area (Å²) in [6, 6.07) is 5.96. The van der Waals surface area contributed by atoms with Crippen molar-refractivity contribution < 1.29 is 14.3 Å². The summed E-state index contributed by atoms with van der Waals surface area (Å²) >= 11 is 0. The largest absolute Gasteiger partial charge is 0.390 e. The van der Waals surface area contributed by atoms with E-state index in [1.54, 1.807) is 23.5 Å². The Hall–Kier alpha value is -2.74. The van der Waals surface area contributed by atoms with Gasteiger partial charge in [0.1, 0.15) is 23.7 Å². The highest BCUT2D eigenvalue weighted by Crippen LogP contribution is 2.31. The first-order chi connectivity index (χ1) is 13.1. The molecule has 2 N–H and O–H groups in total. The first-order valence-corrected chi connectivity index (χ1v) is 9.38. The minimum Gasteiger partial charge on any atom is -0.390 e. The number of hydrogen-bond acceptors (Lipinski definition) is 4. The number of rotatable bonds is 4. The fourth-order valence-electron chi connectivity index (χ4n) is 3.92. The summed E-state index contributed by atoms with van der Waals surface area (Å²) < 4.78 is 16.6. The topological polar surface area (TPSA) is 88.6 Å². The zero-order chi connectivity index (χ0) is 20.2. The summed E-state index contributed by atoms with van der Waals surface area (Å²) in [6.07, 6.45) is 0.986. The van der Waals surface area contributed by atoms with E-state index in [1.807, 2.05) is 13.8 Å². The molecule has 8 heteroatoms. The Labute approximate surface area is 160 Å². The lowest BCUT2D eigenvalue weighted by molar-refractivity contribution is -0.125. The summed E-state index contributed by atoms with van der Waals surface area (Å²) in [5.41, 5.74) is -0.204. The number of carbonyl (C=O) groups is 1. The van der Waals surface area contributed by atoms with Crippen LogP contribution in [-0.2, 0) is 11.3 Å². The first-order valence-electron chi connectivity index (χ1n) is 9.38. The van der Waals surface area contributed by atoms with Gasteiger partial charge in [-0.25, -0.2) is 9.07 Å². The Balaban J connectivity index is 1.73. The number of carbonyl (C=O) groups excluding carboxylic acids is 1. The number of aromatic nitrogens is 3. The predicted molar refractivity (Wildman–Crippen MR) is 103 cm³/mol. The Morgan fingerprint density at radius 1 is 1.36 bits per heavy atom. The highest BCUT2D eigenvalue weighted by atomic mass is 19.1. The normalized spacial score (nSPS) is 22.0. The van der Waals surface area contributed by atoms with Gasteiger partial charge in [-0.15, -0.1) is 0 Å². The van der Waals surface area contributed by atoms with E-state index < -0.39 is 11.2 Å². The second kappa shape index (κ2) is 6.41. The number of benzene rings is 1. The SMILES string of the molecule is CC(C)c1nn(CC(=O)NC2CC(C)(O)C2)c(=O)c2cc3ccc(F)cc3n12. The Bertz CT molecular complexity index is 1140. The van der Waals surface area contributed by atoms with Crippen molar-refractivity contribution in [2.75, 3.05) is 0 Å². The molecule has 0 bridgehead atoms. The number of aliphatic hydroxyl groups is 1. The molecule has 0 unspecified atom stereocenters. The van der Waals surface area contributed by atoms with Gasteiger partial charge in [0, 0.05) is 17.3 Å². The van der Waals surface area contributed by atoms with Crippen molar-refractivity contribution in [2.45, 2.75) is 57.7 Å². The predicted octanol–water partition coefficient (Wildman–Crippen LogP) is 1.94. The summed E-state index contributed by atoms with van der Waals surface area (Å²) in [4.78, 5) is 25.3. The van der Waals surface area contributed by atoms with Crippen LogP contribution in [0.15, 0.2) is 29.1 Å². The van der Waals surface area contributed by atoms with Gasteiger partial charge in [0.2, 0.25) is 5.91 Å². The standard InChI is InChI=1S/C20H23FN4O3/c1-11(2)18-23-24(10-17(26)22-14-8-20(3,28)9-14)19(27)16-6-12-4-5-13(21)7-15(12)25(16)18/h4-7,11,14,28H,8-10H2,1-3H3,(H,22,26). The number of halogens is 1. The molecule has 28 heavy (non-hydrogen) atoms. The molecule has 7 nitrogen and oxygen atoms in total. The molecular formula is C20H23FN4O3. The van der Waals surface area contributed by atoms with Gasteiger partial charge in [0.05, 0.1) is 11.1 Å². The highest BCUT2D eigenvalue weighted by Gasteiger charge is 2.39. The zero-order valence-electron chi connectivity index (χ0n) is 16.1. The summed E-state index contributed by atoms with van der Waals surface area (Å²) in [5.74, 6) is -0.175. The molecule has 2 heterocycles. The molecule has 1 aliphatic carbocycles. The molecule has 1 fully saturated rings. The van der Waals surface area contributed by atoms with Crippen molar-refractivity contribution in [3.8, 4) is 0 Å². The number of amides is 1. The van der Waals surface area contributed by atoms with Crippen molar-refractivity contribution >= 4 is 22.3 Å². The Morgan fingerprint density at radius 3 is 2.71 bits per heavy atom. The fourth-order valence-corrected chi connectivity index (χ4v) is 3.92. The van der Waals surface area contributed by atoms with Gasteiger partial charge in [-0.1, -0.05) is 13.8 Å². The van der Waals surface area contributed by atoms with Gasteiger partial charge in [0.15, 0.2) is 0 Å². The maximum Gasteiger partial charge on any atom is 0.291 e. The van der Waals surface area contributed by atoms with E-state index in [-0.39, 0.29) is 30.2 Å². The van der Waals surface area contributed by atoms with E-state index >= 15 is 0 Å². The average molecular weight is 386 g/mol. The van der Waals surface area contributed by atoms with Gasteiger partial charge in [-0.2, -0.15) is 5.10 Å². The molecule has 0 radical (unpaired) electrons. The van der Waals surface area contributed by atoms with E-state index in [0.717, 1.165) is 10.1 Å². The molecule has 3 aromatic rings. The third-order valence-corrected chi connectivity index (χ3v) is 5.22. The van der Waals surface area contributed by atoms with Gasteiger partial charge in [-0.05, 0) is 44.0 Å². The monoisotopic (exact) mass is 386 g/mol. The van der Waals surface area contributed by atoms with Gasteiger partial charge < -0.3 is 10.4 Å². The summed E-state index contributed by atoms with van der Waals surface area (Å²) in [6.45, 7) is 5.38. The third-order valence-electron chi connectivity index (χ3n) is 5.22. The minimum atomic E-state index is -0.738. The van der Waals surface area contributed by atoms with Crippen molar-refractivity contribution in [1.29, 1.82) is 0 Å². The summed E-state index contributed by atoms with van der Waals surface area (Å²) in [7, 11) is 0. The smallest absolute Gasteiger partial charge is 0.291 e. The van der Waals surface area contributed by atoms with Crippen LogP contribution in [0.5, 0.6) is 0 Å². The van der Waals surface area contributed by atoms with E-state index in [9.17, 15) is 19.1 Å². The van der Waals surface area contributed by atoms with Crippen LogP contribution < -0.4 is 10.9 Å². The fraction of sp³-hybridized carbons (Fsp3) is 0.450. The zero-order valence-corrected chi connectivity index (χ0v) is 16.1. The van der Waals surface area contributed by atoms with Crippen LogP contribution in [0.3, 0.4) is 0 Å². The van der Waals surface area contributed by atoms with Crippen LogP contribution in [0.4, 0.5) is 4.39 Å². The molecule has 0 spiro atoms. The lowest BCUT2D eigenvalue weighted by atomic mass is 9.77. The minimum absolute atomic E-state index is 0.0435. The number of hydrogen-bond donors (Lipinski definition) is 2. The van der Waals surface area contributed by atoms with Gasteiger partial charge in [0.25, 0.3) is 5.56 Å². The number of nitrogens with one attached hydrogen (secondary N) is 1. The van der Waals surface area contributed by atoms with E-state index in [1.165, 1.54) is 12.1 Å². The van der Waals surface area contributed by atoms with Crippen LogP contribution in [0.2, 0.25) is 0 Å². The van der Waals surface area contributed by atoms with E-state index in [0.29, 0.717) is 29.7 Å². The first kappa shape index (κ1) is 18.6. The number of fused-ring (bicyclic) bond motifs is 3. The lowest BCUT2D eigenvalue weighted by Gasteiger charge is -2.41. The van der Waals surface area contributed by atoms with Crippen molar-refractivity contribution in [3.05, 3.63) is 46.3 Å². The molecule has 1 aromatic carbocycles. The molecule has 1 aliphatic rings. The van der Waals surface area contributed by atoms with Crippen LogP contribution >= 0.6 is 0 Å². The highest BCUT2D eigenvalue weighted by molar-refractivity contribution is 5.87. The van der Waals surface area contributed by atoms with Gasteiger partial charge >= 0.3 is 0 Å². The molecule has 1 amide bonds. The Kier molecular flexibility index (Phi) is 4.26. The summed E-state index contributed by atoms with van der Waals surface area (Å²) in [5, 5.41) is 17.8. The lowest BCUT2D eigenvalue weighted by Crippen LogP contribution is -2.54. The second-order valence-electron chi connectivity index (χ2n) is 8.21. The van der Waals surface area contributed by atoms with Crippen LogP contribution in [0.1, 0.15) is 45.4 Å². The Morgan fingerprint density at radius 2 is 2.07 bits per heavy atom. The van der Waals surface area contributed by atoms with Crippen molar-refractivity contribution in [1.82, 2.24) is 19.5 Å². The van der Waals surface area contributed by atoms with E-state index in [4.69, 9.17) is 0 Å². The molecule has 2 aromatic heterocycles. The molecule has 0 atom stereocenters. The maximum atomic E-state index is 13.8. The molecular weight excluding hydrogens is 363 g/mol. The molecule has 4 rings (SSSR count). The second-order valence-corrected chi connectivity index (χ2v) is 8.21. The van der Waals surface area contributed by atoms with Crippen molar-refractivity contribution in [3.63, 3.8) is 0 Å². The quantitative estimate of drug-likeness (QED) is 0.717. The van der Waals surface area contributed by atoms with Crippen LogP contribution in [0.25, 0.3) is 16.4 Å². The molecule has 148 valence electrons. The van der Waals surface area contributed by atoms with Crippen LogP contribution in [0, 0.1) is 5.82 Å². The maximum absolute atomic E-state index is 13.8. The van der Waals surface area contributed by atoms with Crippen LogP contribution in [-0.4, -0.2) is 36.8 Å². The van der Waals surface area contributed by atoms with Gasteiger partial charge in [-0.3, -0.25) is 14.0 Å². The average Bonchev–Trinajstić information content (AvgIpc) is 2.94. The molecule has 0 saturated heterocycles. The molecule has 1 saturated carbocycles. The van der Waals surface area contributed by atoms with E-state index in [2.05, 4.69) is 10.4 Å². The molecule has 0 aliphatic heterocycles. The van der Waals surface area contributed by atoms with Crippen molar-refractivity contribution in [2.24, 2.45) is 0 Å². The number of nitrogens with zero attached hydrogens (tertiary/aromatic N) is 3. The third kappa shape index (κ3) is 3.17.